The Labute approximate surface area is 341 Å². The monoisotopic (exact) mass is 781 g/mol. The molecule has 0 saturated carbocycles. The number of nitrogens with one attached hydrogen (secondary N) is 1. The maximum Gasteiger partial charge on any atom is 0.319 e. The molecule has 11 nitrogen and oxygen atoms in total. The number of anilines is 1. The molecule has 0 spiro atoms. The number of benzene rings is 4. The predicted octanol–water partition coefficient (Wildman–Crippen LogP) is 7.48. The number of aromatic nitrogens is 2. The Morgan fingerprint density at radius 2 is 1.47 bits per heavy atom. The fourth-order valence-corrected chi connectivity index (χ4v) is 8.45. The Bertz CT molecular complexity index is 2190. The van der Waals surface area contributed by atoms with E-state index in [0.717, 1.165) is 110 Å². The smallest absolute Gasteiger partial charge is 0.319 e. The molecule has 0 unspecified atom stereocenters. The van der Waals surface area contributed by atoms with E-state index in [9.17, 15) is 4.79 Å². The van der Waals surface area contributed by atoms with Crippen molar-refractivity contribution in [2.45, 2.75) is 32.1 Å². The lowest BCUT2D eigenvalue weighted by Gasteiger charge is -2.29. The second kappa shape index (κ2) is 18.3. The molecule has 0 atom stereocenters. The molecule has 301 valence electrons. The minimum absolute atomic E-state index is 0.0377. The SMILES string of the molecule is COc1ncc(-c2[c]c(-c3ccc(N4CCNCC4)cc3)c(-c3cccc(C(=O)N4CCCC4)c3)c(OC)c2-c2cccc(OCCCN3CCCC3)c2)c(OC)n1. The molecular formula is C47H53N6O5. The molecule has 1 radical (unpaired) electrons. The van der Waals surface area contributed by atoms with E-state index in [2.05, 4.69) is 67.5 Å². The fourth-order valence-electron chi connectivity index (χ4n) is 8.45. The zero-order chi connectivity index (χ0) is 39.8. The first kappa shape index (κ1) is 39.2. The molecule has 5 aromatic rings. The molecule has 1 amide bonds. The Hall–Kier alpha value is -5.65. The molecule has 11 heteroatoms. The van der Waals surface area contributed by atoms with Gasteiger partial charge in [-0.2, -0.15) is 4.98 Å². The standard InChI is InChI=1S/C47H53N6O5/c1-55-44-42(34-11-8-13-36(29-34)46(54)53-24-6-7-25-53)39(33-15-17-37(18-16-33)52-26-19-48-20-27-52)31-40(41-32-49-47(57-3)50-45(41)56-2)43(44)35-12-9-14-38(30-35)58-28-10-23-51-21-4-5-22-51/h8-9,11-18,29-30,32,48H,4-7,10,19-28H2,1-3H3. The van der Waals surface area contributed by atoms with E-state index in [-0.39, 0.29) is 11.9 Å². The highest BCUT2D eigenvalue weighted by molar-refractivity contribution is 6.02. The van der Waals surface area contributed by atoms with Crippen LogP contribution in [0.2, 0.25) is 0 Å². The molecule has 58 heavy (non-hydrogen) atoms. The van der Waals surface area contributed by atoms with E-state index in [0.29, 0.717) is 34.9 Å². The number of ether oxygens (including phenoxy) is 4. The fraction of sp³-hybridized carbons (Fsp3) is 0.383. The van der Waals surface area contributed by atoms with Crippen molar-refractivity contribution in [1.29, 1.82) is 0 Å². The van der Waals surface area contributed by atoms with Gasteiger partial charge in [0.05, 0.1) is 33.5 Å². The van der Waals surface area contributed by atoms with Crippen LogP contribution in [-0.2, 0) is 0 Å². The number of hydrogen-bond acceptors (Lipinski definition) is 10. The quantitative estimate of drug-likeness (QED) is 0.114. The van der Waals surface area contributed by atoms with Crippen molar-refractivity contribution in [2.24, 2.45) is 0 Å². The number of hydrogen-bond donors (Lipinski definition) is 1. The predicted molar refractivity (Wildman–Crippen MR) is 228 cm³/mol. The van der Waals surface area contributed by atoms with Crippen molar-refractivity contribution in [2.75, 3.05) is 91.7 Å². The number of carbonyl (C=O) groups is 1. The summed E-state index contributed by atoms with van der Waals surface area (Å²) in [5.41, 5.74) is 8.16. The number of likely N-dealkylation sites (tertiary alicyclic amines) is 2. The number of amides is 1. The molecule has 4 aromatic carbocycles. The molecule has 3 saturated heterocycles. The van der Waals surface area contributed by atoms with Crippen LogP contribution in [0.4, 0.5) is 5.69 Å². The number of nitrogens with zero attached hydrogens (tertiary/aromatic N) is 5. The van der Waals surface area contributed by atoms with Gasteiger partial charge in [-0.05, 0) is 98.3 Å². The zero-order valence-electron chi connectivity index (χ0n) is 33.9. The van der Waals surface area contributed by atoms with Crippen LogP contribution in [0.1, 0.15) is 42.5 Å². The van der Waals surface area contributed by atoms with Gasteiger partial charge in [0.2, 0.25) is 5.88 Å². The minimum Gasteiger partial charge on any atom is -0.495 e. The Balaban J connectivity index is 1.31. The average Bonchev–Trinajstić information content (AvgIpc) is 4.03. The summed E-state index contributed by atoms with van der Waals surface area (Å²) in [7, 11) is 4.82. The normalized spacial score (nSPS) is 15.8. The van der Waals surface area contributed by atoms with Gasteiger partial charge in [-0.25, -0.2) is 4.98 Å². The summed E-state index contributed by atoms with van der Waals surface area (Å²) in [6, 6.07) is 28.7. The minimum atomic E-state index is 0.0377. The van der Waals surface area contributed by atoms with Gasteiger partial charge in [0.1, 0.15) is 11.5 Å². The summed E-state index contributed by atoms with van der Waals surface area (Å²) in [6.45, 7) is 9.31. The topological polar surface area (TPSA) is 102 Å². The Kier molecular flexibility index (Phi) is 12.4. The van der Waals surface area contributed by atoms with Gasteiger partial charge in [-0.3, -0.25) is 4.79 Å². The highest BCUT2D eigenvalue weighted by atomic mass is 16.5. The summed E-state index contributed by atoms with van der Waals surface area (Å²) < 4.78 is 24.3. The first-order valence-electron chi connectivity index (χ1n) is 20.6. The Morgan fingerprint density at radius 3 is 2.19 bits per heavy atom. The van der Waals surface area contributed by atoms with E-state index in [1.807, 2.05) is 41.3 Å². The summed E-state index contributed by atoms with van der Waals surface area (Å²) >= 11 is 0. The first-order chi connectivity index (χ1) is 28.5. The van der Waals surface area contributed by atoms with Crippen molar-refractivity contribution >= 4 is 11.6 Å². The number of piperazine rings is 1. The van der Waals surface area contributed by atoms with Crippen molar-refractivity contribution in [3.63, 3.8) is 0 Å². The molecule has 1 aromatic heterocycles. The third-order valence-corrected chi connectivity index (χ3v) is 11.4. The molecule has 8 rings (SSSR count). The maximum absolute atomic E-state index is 13.8. The molecule has 3 aliphatic heterocycles. The van der Waals surface area contributed by atoms with E-state index in [1.54, 1.807) is 20.4 Å². The van der Waals surface area contributed by atoms with Crippen LogP contribution in [0.3, 0.4) is 0 Å². The van der Waals surface area contributed by atoms with Gasteiger partial charge in [-0.15, -0.1) is 0 Å². The molecule has 1 N–H and O–H groups in total. The molecular weight excluding hydrogens is 729 g/mol. The second-order valence-electron chi connectivity index (χ2n) is 15.1. The highest BCUT2D eigenvalue weighted by Crippen LogP contribution is 2.51. The van der Waals surface area contributed by atoms with Crippen LogP contribution in [0, 0.1) is 6.07 Å². The van der Waals surface area contributed by atoms with Crippen molar-refractivity contribution in [1.82, 2.24) is 25.1 Å². The second-order valence-corrected chi connectivity index (χ2v) is 15.1. The van der Waals surface area contributed by atoms with E-state index >= 15 is 0 Å². The lowest BCUT2D eigenvalue weighted by Crippen LogP contribution is -2.43. The van der Waals surface area contributed by atoms with Crippen LogP contribution >= 0.6 is 0 Å². The van der Waals surface area contributed by atoms with Crippen molar-refractivity contribution < 1.29 is 23.7 Å². The van der Waals surface area contributed by atoms with Crippen LogP contribution in [0.5, 0.6) is 23.4 Å². The van der Waals surface area contributed by atoms with Crippen molar-refractivity contribution in [3.8, 4) is 67.9 Å². The number of methoxy groups -OCH3 is 3. The molecule has 4 heterocycles. The summed E-state index contributed by atoms with van der Waals surface area (Å²) in [4.78, 5) is 29.8. The van der Waals surface area contributed by atoms with E-state index in [4.69, 9.17) is 18.9 Å². The number of rotatable bonds is 14. The average molecular weight is 782 g/mol. The van der Waals surface area contributed by atoms with Gasteiger partial charge < -0.3 is 39.0 Å². The third kappa shape index (κ3) is 8.47. The van der Waals surface area contributed by atoms with Crippen LogP contribution in [0.15, 0.2) is 79.0 Å². The van der Waals surface area contributed by atoms with Crippen LogP contribution in [0.25, 0.3) is 44.5 Å². The molecule has 0 aliphatic carbocycles. The maximum atomic E-state index is 13.8. The van der Waals surface area contributed by atoms with E-state index in [1.165, 1.54) is 33.0 Å². The van der Waals surface area contributed by atoms with E-state index < -0.39 is 0 Å². The van der Waals surface area contributed by atoms with Gasteiger partial charge in [-0.1, -0.05) is 36.4 Å². The van der Waals surface area contributed by atoms with Crippen molar-refractivity contribution in [3.05, 3.63) is 90.6 Å². The zero-order valence-corrected chi connectivity index (χ0v) is 33.9. The molecule has 3 aliphatic rings. The van der Waals surface area contributed by atoms with Crippen LogP contribution in [-0.4, -0.2) is 113 Å². The summed E-state index contributed by atoms with van der Waals surface area (Å²) in [5.74, 6) is 1.75. The van der Waals surface area contributed by atoms with Gasteiger partial charge in [0, 0.05) is 91.6 Å². The molecule has 0 bridgehead atoms. The first-order valence-corrected chi connectivity index (χ1v) is 20.6. The van der Waals surface area contributed by atoms with Crippen LogP contribution < -0.4 is 29.2 Å². The summed E-state index contributed by atoms with van der Waals surface area (Å²) in [6.07, 6.45) is 7.25. The highest BCUT2D eigenvalue weighted by Gasteiger charge is 2.28. The third-order valence-electron chi connectivity index (χ3n) is 11.4. The van der Waals surface area contributed by atoms with Gasteiger partial charge in [0.15, 0.2) is 0 Å². The molecule has 3 fully saturated rings. The lowest BCUT2D eigenvalue weighted by atomic mass is 9.84. The Morgan fingerprint density at radius 1 is 0.759 bits per heavy atom. The largest absolute Gasteiger partial charge is 0.495 e. The lowest BCUT2D eigenvalue weighted by molar-refractivity contribution is 0.0793. The van der Waals surface area contributed by atoms with Gasteiger partial charge >= 0.3 is 6.01 Å². The summed E-state index contributed by atoms with van der Waals surface area (Å²) in [5, 5.41) is 3.45. The number of carbonyl (C=O) groups excluding carboxylic acids is 1. The van der Waals surface area contributed by atoms with Gasteiger partial charge in [0.25, 0.3) is 5.91 Å².